The summed E-state index contributed by atoms with van der Waals surface area (Å²) in [6, 6.07) is 72.3. The van der Waals surface area contributed by atoms with Gasteiger partial charge in [-0.2, -0.15) is 0 Å². The third-order valence-corrected chi connectivity index (χ3v) is 10.5. The highest BCUT2D eigenvalue weighted by Crippen LogP contribution is 2.39. The molecule has 8 aromatic carbocycles. The smallest absolute Gasteiger partial charge is 0.159 e. The molecule has 0 saturated heterocycles. The Morgan fingerprint density at radius 1 is 0.393 bits per heavy atom. The number of hydrogen-bond acceptors (Lipinski definition) is 4. The van der Waals surface area contributed by atoms with Gasteiger partial charge >= 0.3 is 0 Å². The summed E-state index contributed by atoms with van der Waals surface area (Å²) in [5.41, 5.74) is 13.0. The molecule has 56 heavy (non-hydrogen) atoms. The minimum atomic E-state index is -0.278. The van der Waals surface area contributed by atoms with Crippen LogP contribution in [0.15, 0.2) is 216 Å². The van der Waals surface area contributed by atoms with Crippen LogP contribution in [0.3, 0.4) is 0 Å². The molecule has 1 unspecified atom stereocenters. The molecule has 10 rings (SSSR count). The Hall–Kier alpha value is -7.43. The summed E-state index contributed by atoms with van der Waals surface area (Å²) in [6.07, 6.45) is -0.278. The summed E-state index contributed by atoms with van der Waals surface area (Å²) < 4.78 is 0. The van der Waals surface area contributed by atoms with Gasteiger partial charge in [-0.3, -0.25) is 0 Å². The molecule has 0 bridgehead atoms. The number of pyridine rings is 1. The van der Waals surface area contributed by atoms with Gasteiger partial charge in [-0.1, -0.05) is 188 Å². The molecule has 0 fully saturated rings. The van der Waals surface area contributed by atoms with E-state index in [-0.39, 0.29) is 6.17 Å². The Kier molecular flexibility index (Phi) is 8.54. The molecule has 2 heterocycles. The van der Waals surface area contributed by atoms with Crippen LogP contribution in [-0.2, 0) is 0 Å². The summed E-state index contributed by atoms with van der Waals surface area (Å²) >= 11 is 0. The molecule has 0 amide bonds. The molecule has 1 atom stereocenters. The molecule has 0 spiro atoms. The van der Waals surface area contributed by atoms with E-state index < -0.39 is 0 Å². The number of nitrogens with zero attached hydrogens (tertiary/aromatic N) is 3. The summed E-state index contributed by atoms with van der Waals surface area (Å²) in [7, 11) is 0. The fraction of sp³-hybridized carbons (Fsp3) is 0.0192. The zero-order chi connectivity index (χ0) is 37.3. The van der Waals surface area contributed by atoms with Gasteiger partial charge in [-0.05, 0) is 67.9 Å². The number of fused-ring (bicyclic) bond motifs is 3. The molecule has 0 radical (unpaired) electrons. The second-order valence-corrected chi connectivity index (χ2v) is 14.0. The molecule has 4 nitrogen and oxygen atoms in total. The normalized spacial score (nSPS) is 13.9. The summed E-state index contributed by atoms with van der Waals surface area (Å²) in [5, 5.41) is 7.13. The molecule has 4 heteroatoms. The molecule has 1 aromatic heterocycles. The first kappa shape index (κ1) is 33.2. The fourth-order valence-electron chi connectivity index (χ4n) is 7.75. The van der Waals surface area contributed by atoms with Crippen molar-refractivity contribution >= 4 is 33.3 Å². The molecule has 9 aromatic rings. The Balaban J connectivity index is 1.05. The van der Waals surface area contributed by atoms with E-state index in [0.717, 1.165) is 55.8 Å². The van der Waals surface area contributed by atoms with Crippen LogP contribution in [0.25, 0.3) is 66.3 Å². The first-order valence-corrected chi connectivity index (χ1v) is 19.0. The van der Waals surface area contributed by atoms with E-state index in [4.69, 9.17) is 15.0 Å². The third kappa shape index (κ3) is 6.33. The highest BCUT2D eigenvalue weighted by atomic mass is 15.2. The average molecular weight is 717 g/mol. The third-order valence-electron chi connectivity index (χ3n) is 10.5. The van der Waals surface area contributed by atoms with Crippen molar-refractivity contribution in [2.24, 2.45) is 9.98 Å². The summed E-state index contributed by atoms with van der Waals surface area (Å²) in [6.45, 7) is 0. The van der Waals surface area contributed by atoms with Gasteiger partial charge in [0, 0.05) is 22.1 Å². The number of rotatable bonds is 7. The molecule has 1 aliphatic rings. The van der Waals surface area contributed by atoms with Gasteiger partial charge in [0.25, 0.3) is 0 Å². The Morgan fingerprint density at radius 3 is 1.71 bits per heavy atom. The van der Waals surface area contributed by atoms with E-state index in [1.807, 2.05) is 18.2 Å². The van der Waals surface area contributed by atoms with Crippen molar-refractivity contribution in [1.82, 2.24) is 10.3 Å². The first-order valence-electron chi connectivity index (χ1n) is 19.0. The Labute approximate surface area is 326 Å². The maximum atomic E-state index is 5.19. The van der Waals surface area contributed by atoms with E-state index in [0.29, 0.717) is 5.84 Å². The molecule has 0 aliphatic carbocycles. The zero-order valence-electron chi connectivity index (χ0n) is 30.5. The standard InChI is InChI=1S/C52H36N4/c1-5-15-35(16-6-1)41-23-13-24-42(33-41)52-55-50(39-21-11-4-12-22-39)54-51(56-52)40-29-27-37(28-30-40)43-25-14-26-45-44(43)31-32-47-49(45)46(36-17-7-2-8-18-36)34-48(53-47)38-19-9-3-10-20-38/h1-34,50H,(H,54,55,56). The second-order valence-electron chi connectivity index (χ2n) is 14.0. The van der Waals surface area contributed by atoms with Crippen molar-refractivity contribution in [3.05, 3.63) is 223 Å². The van der Waals surface area contributed by atoms with Gasteiger partial charge in [0.2, 0.25) is 0 Å². The van der Waals surface area contributed by atoms with Crippen LogP contribution in [0.2, 0.25) is 0 Å². The molecule has 264 valence electrons. The van der Waals surface area contributed by atoms with E-state index in [9.17, 15) is 0 Å². The van der Waals surface area contributed by atoms with Gasteiger partial charge in [0.15, 0.2) is 5.84 Å². The average Bonchev–Trinajstić information content (AvgIpc) is 3.29. The van der Waals surface area contributed by atoms with Gasteiger partial charge in [0.1, 0.15) is 12.0 Å². The van der Waals surface area contributed by atoms with Gasteiger partial charge in [-0.15, -0.1) is 0 Å². The molecule has 1 N–H and O–H groups in total. The van der Waals surface area contributed by atoms with Crippen molar-refractivity contribution in [2.75, 3.05) is 0 Å². The van der Waals surface area contributed by atoms with Crippen molar-refractivity contribution < 1.29 is 0 Å². The Morgan fingerprint density at radius 2 is 0.982 bits per heavy atom. The van der Waals surface area contributed by atoms with E-state index in [1.165, 1.54) is 33.0 Å². The van der Waals surface area contributed by atoms with Gasteiger partial charge in [0.05, 0.1) is 11.2 Å². The summed E-state index contributed by atoms with van der Waals surface area (Å²) in [5.74, 6) is 1.49. The molecule has 0 saturated carbocycles. The fourth-order valence-corrected chi connectivity index (χ4v) is 7.75. The SMILES string of the molecule is c1ccc(-c2cccc(C3=NC(c4ccc(-c5cccc6c5ccc5nc(-c7ccccc7)cc(-c7ccccc7)c56)cc4)=NC(c4ccccc4)N3)c2)cc1. The minimum absolute atomic E-state index is 0.278. The largest absolute Gasteiger partial charge is 0.344 e. The van der Waals surface area contributed by atoms with Gasteiger partial charge < -0.3 is 5.32 Å². The van der Waals surface area contributed by atoms with Crippen LogP contribution >= 0.6 is 0 Å². The maximum absolute atomic E-state index is 5.19. The van der Waals surface area contributed by atoms with Crippen molar-refractivity contribution in [3.63, 3.8) is 0 Å². The number of nitrogens with one attached hydrogen (secondary N) is 1. The molecular formula is C52H36N4. The lowest BCUT2D eigenvalue weighted by Crippen LogP contribution is -2.33. The van der Waals surface area contributed by atoms with Crippen LogP contribution in [0, 0.1) is 0 Å². The molecule has 1 aliphatic heterocycles. The highest BCUT2D eigenvalue weighted by molar-refractivity contribution is 6.17. The monoisotopic (exact) mass is 716 g/mol. The Bertz CT molecular complexity index is 2900. The quantitative estimate of drug-likeness (QED) is 0.167. The maximum Gasteiger partial charge on any atom is 0.159 e. The first-order chi connectivity index (χ1) is 27.7. The minimum Gasteiger partial charge on any atom is -0.344 e. The van der Waals surface area contributed by atoms with Crippen LogP contribution in [0.5, 0.6) is 0 Å². The predicted molar refractivity (Wildman–Crippen MR) is 233 cm³/mol. The van der Waals surface area contributed by atoms with Crippen LogP contribution in [0.1, 0.15) is 22.9 Å². The number of benzene rings is 8. The number of aliphatic imine (C=N–C) groups is 2. The van der Waals surface area contributed by atoms with Crippen molar-refractivity contribution in [3.8, 4) is 44.6 Å². The van der Waals surface area contributed by atoms with Crippen LogP contribution in [0.4, 0.5) is 0 Å². The van der Waals surface area contributed by atoms with Crippen molar-refractivity contribution in [2.45, 2.75) is 6.17 Å². The van der Waals surface area contributed by atoms with Crippen LogP contribution < -0.4 is 5.32 Å². The lowest BCUT2D eigenvalue weighted by molar-refractivity contribution is 0.674. The number of aromatic nitrogens is 1. The highest BCUT2D eigenvalue weighted by Gasteiger charge is 2.22. The van der Waals surface area contributed by atoms with Crippen LogP contribution in [-0.4, -0.2) is 16.7 Å². The second kappa shape index (κ2) is 14.4. The summed E-state index contributed by atoms with van der Waals surface area (Å²) in [4.78, 5) is 15.5. The van der Waals surface area contributed by atoms with E-state index in [1.54, 1.807) is 0 Å². The van der Waals surface area contributed by atoms with E-state index >= 15 is 0 Å². The molecular weight excluding hydrogens is 681 g/mol. The topological polar surface area (TPSA) is 49.6 Å². The van der Waals surface area contributed by atoms with Crippen molar-refractivity contribution in [1.29, 1.82) is 0 Å². The zero-order valence-corrected chi connectivity index (χ0v) is 30.5. The predicted octanol–water partition coefficient (Wildman–Crippen LogP) is 12.6. The number of hydrogen-bond donors (Lipinski definition) is 1. The lowest BCUT2D eigenvalue weighted by Gasteiger charge is -2.24. The number of amidine groups is 2. The lowest BCUT2D eigenvalue weighted by atomic mass is 9.91. The van der Waals surface area contributed by atoms with E-state index in [2.05, 4.69) is 193 Å². The van der Waals surface area contributed by atoms with Gasteiger partial charge in [-0.25, -0.2) is 15.0 Å².